The summed E-state index contributed by atoms with van der Waals surface area (Å²) in [6.45, 7) is 0.710. The standard InChI is InChI=1S/C22H21FN2O4/c23-25-19-11-5-4-10-17(19)18(20(25)21(26)27)13-16-9-6-12-24(16)22(28)29-14-15-7-2-1-3-8-15/h1-5,7-8,10-11,16H,6,9,12-14H2,(H,26,27). The molecule has 0 bridgehead atoms. The van der Waals surface area contributed by atoms with E-state index in [4.69, 9.17) is 4.74 Å². The third-order valence-electron chi connectivity index (χ3n) is 5.38. The Morgan fingerprint density at radius 1 is 1.10 bits per heavy atom. The first-order valence-electron chi connectivity index (χ1n) is 9.55. The highest BCUT2D eigenvalue weighted by Crippen LogP contribution is 2.31. The molecule has 1 amide bonds. The van der Waals surface area contributed by atoms with E-state index in [1.54, 1.807) is 29.2 Å². The molecule has 150 valence electrons. The van der Waals surface area contributed by atoms with Crippen molar-refractivity contribution in [3.05, 3.63) is 71.4 Å². The summed E-state index contributed by atoms with van der Waals surface area (Å²) < 4.78 is 20.1. The Morgan fingerprint density at radius 3 is 2.59 bits per heavy atom. The number of halogens is 1. The molecule has 6 nitrogen and oxygen atoms in total. The highest BCUT2D eigenvalue weighted by atomic mass is 19.2. The van der Waals surface area contributed by atoms with Gasteiger partial charge in [0.05, 0.1) is 5.52 Å². The van der Waals surface area contributed by atoms with Crippen LogP contribution < -0.4 is 0 Å². The van der Waals surface area contributed by atoms with E-state index in [0.717, 1.165) is 12.0 Å². The van der Waals surface area contributed by atoms with Crippen LogP contribution >= 0.6 is 0 Å². The number of benzene rings is 2. The van der Waals surface area contributed by atoms with Crippen molar-refractivity contribution in [1.29, 1.82) is 0 Å². The van der Waals surface area contributed by atoms with Gasteiger partial charge in [-0.1, -0.05) is 53.0 Å². The molecule has 2 heterocycles. The van der Waals surface area contributed by atoms with Crippen molar-refractivity contribution in [2.75, 3.05) is 6.54 Å². The van der Waals surface area contributed by atoms with Crippen LogP contribution in [0, 0.1) is 0 Å². The topological polar surface area (TPSA) is 71.8 Å². The predicted molar refractivity (Wildman–Crippen MR) is 105 cm³/mol. The van der Waals surface area contributed by atoms with Gasteiger partial charge >= 0.3 is 12.1 Å². The normalized spacial score (nSPS) is 16.3. The van der Waals surface area contributed by atoms with Crippen LogP contribution in [0.25, 0.3) is 10.9 Å². The Bertz CT molecular complexity index is 1050. The fourth-order valence-electron chi connectivity index (χ4n) is 4.01. The molecule has 1 N–H and O–H groups in total. The van der Waals surface area contributed by atoms with Gasteiger partial charge in [-0.15, -0.1) is 0 Å². The molecule has 1 atom stereocenters. The van der Waals surface area contributed by atoms with E-state index in [0.29, 0.717) is 23.9 Å². The lowest BCUT2D eigenvalue weighted by molar-refractivity contribution is 0.0672. The maximum Gasteiger partial charge on any atom is 0.410 e. The molecule has 0 saturated carbocycles. The van der Waals surface area contributed by atoms with Crippen molar-refractivity contribution in [2.24, 2.45) is 0 Å². The molecule has 1 saturated heterocycles. The molecule has 1 aliphatic rings. The number of carbonyl (C=O) groups excluding carboxylic acids is 1. The molecule has 29 heavy (non-hydrogen) atoms. The number of nitrogens with zero attached hydrogens (tertiary/aromatic N) is 2. The number of carbonyl (C=O) groups is 2. The van der Waals surface area contributed by atoms with E-state index < -0.39 is 12.1 Å². The average molecular weight is 396 g/mol. The van der Waals surface area contributed by atoms with E-state index in [2.05, 4.69) is 0 Å². The number of carboxylic acids is 1. The third-order valence-corrected chi connectivity index (χ3v) is 5.38. The summed E-state index contributed by atoms with van der Waals surface area (Å²) in [6.07, 6.45) is 1.34. The number of para-hydroxylation sites is 1. The van der Waals surface area contributed by atoms with Crippen LogP contribution in [0.4, 0.5) is 9.28 Å². The number of hydrogen-bond acceptors (Lipinski definition) is 3. The summed E-state index contributed by atoms with van der Waals surface area (Å²) in [5.74, 6) is -1.32. The van der Waals surface area contributed by atoms with Gasteiger partial charge in [0.1, 0.15) is 6.61 Å². The summed E-state index contributed by atoms with van der Waals surface area (Å²) in [5.41, 5.74) is 1.14. The van der Waals surface area contributed by atoms with E-state index >= 15 is 0 Å². The molecule has 1 aromatic heterocycles. The second-order valence-electron chi connectivity index (χ2n) is 7.16. The maximum atomic E-state index is 14.6. The van der Waals surface area contributed by atoms with Gasteiger partial charge in [-0.05, 0) is 36.5 Å². The highest BCUT2D eigenvalue weighted by Gasteiger charge is 2.33. The number of likely N-dealkylation sites (tertiary alicyclic amines) is 1. The minimum atomic E-state index is -1.32. The summed E-state index contributed by atoms with van der Waals surface area (Å²) in [4.78, 5) is 26.2. The monoisotopic (exact) mass is 396 g/mol. The summed E-state index contributed by atoms with van der Waals surface area (Å²) in [7, 11) is 0. The van der Waals surface area contributed by atoms with Crippen molar-refractivity contribution in [1.82, 2.24) is 9.69 Å². The van der Waals surface area contributed by atoms with Gasteiger partial charge in [-0.3, -0.25) is 0 Å². The van der Waals surface area contributed by atoms with Crippen molar-refractivity contribution < 1.29 is 23.9 Å². The van der Waals surface area contributed by atoms with Crippen LogP contribution in [0.1, 0.15) is 34.5 Å². The Balaban J connectivity index is 1.55. The van der Waals surface area contributed by atoms with Crippen molar-refractivity contribution in [3.63, 3.8) is 0 Å². The first-order valence-corrected chi connectivity index (χ1v) is 9.55. The van der Waals surface area contributed by atoms with Crippen molar-refractivity contribution >= 4 is 23.0 Å². The molecular weight excluding hydrogens is 375 g/mol. The average Bonchev–Trinajstić information content (AvgIpc) is 3.30. The number of ether oxygens (including phenoxy) is 1. The first-order chi connectivity index (χ1) is 14.1. The summed E-state index contributed by atoms with van der Waals surface area (Å²) in [6, 6.07) is 15.8. The Morgan fingerprint density at radius 2 is 1.83 bits per heavy atom. The lowest BCUT2D eigenvalue weighted by Crippen LogP contribution is -2.37. The number of hydrogen-bond donors (Lipinski definition) is 1. The minimum Gasteiger partial charge on any atom is -0.476 e. The predicted octanol–water partition coefficient (Wildman–Crippen LogP) is 4.42. The molecule has 4 rings (SSSR count). The Labute approximate surface area is 167 Å². The van der Waals surface area contributed by atoms with Crippen LogP contribution in [-0.4, -0.2) is 39.4 Å². The fourth-order valence-corrected chi connectivity index (χ4v) is 4.01. The smallest absolute Gasteiger partial charge is 0.410 e. The fraction of sp³-hybridized carbons (Fsp3) is 0.273. The van der Waals surface area contributed by atoms with Gasteiger partial charge < -0.3 is 14.7 Å². The molecule has 1 fully saturated rings. The van der Waals surface area contributed by atoms with Gasteiger partial charge in [0, 0.05) is 18.0 Å². The van der Waals surface area contributed by atoms with Gasteiger partial charge in [-0.2, -0.15) is 4.79 Å². The van der Waals surface area contributed by atoms with Gasteiger partial charge in [-0.25, -0.2) is 9.59 Å². The highest BCUT2D eigenvalue weighted by molar-refractivity contribution is 5.98. The largest absolute Gasteiger partial charge is 0.476 e. The number of carboxylic acid groups (broad SMARTS) is 1. The molecular formula is C22H21FN2O4. The molecule has 1 aliphatic heterocycles. The number of aromatic nitrogens is 1. The minimum absolute atomic E-state index is 0.174. The molecule has 3 aromatic rings. The molecule has 2 aromatic carbocycles. The van der Waals surface area contributed by atoms with Crippen molar-refractivity contribution in [3.8, 4) is 0 Å². The van der Waals surface area contributed by atoms with Gasteiger partial charge in [0.15, 0.2) is 5.69 Å². The second kappa shape index (κ2) is 7.95. The third kappa shape index (κ3) is 3.68. The first kappa shape index (κ1) is 19.0. The van der Waals surface area contributed by atoms with Crippen molar-refractivity contribution in [2.45, 2.75) is 31.9 Å². The van der Waals surface area contributed by atoms with Crippen LogP contribution in [0.15, 0.2) is 54.6 Å². The van der Waals surface area contributed by atoms with Crippen LogP contribution in [0.3, 0.4) is 0 Å². The van der Waals surface area contributed by atoms with Crippen LogP contribution in [-0.2, 0) is 17.8 Å². The number of rotatable bonds is 5. The van der Waals surface area contributed by atoms with E-state index in [-0.39, 0.29) is 35.1 Å². The molecule has 0 spiro atoms. The summed E-state index contributed by atoms with van der Waals surface area (Å²) >= 11 is 0. The lowest BCUT2D eigenvalue weighted by atomic mass is 10.0. The van der Waals surface area contributed by atoms with E-state index in [9.17, 15) is 19.2 Å². The zero-order valence-corrected chi connectivity index (χ0v) is 15.8. The Kier molecular flexibility index (Phi) is 5.20. The Hall–Kier alpha value is -3.35. The van der Waals surface area contributed by atoms with Crippen LogP contribution in [0.2, 0.25) is 0 Å². The zero-order valence-electron chi connectivity index (χ0n) is 15.8. The SMILES string of the molecule is O=C(O)c1c(CC2CCCN2C(=O)OCc2ccccc2)c2ccccc2n1F. The second-order valence-corrected chi connectivity index (χ2v) is 7.16. The zero-order chi connectivity index (χ0) is 20.4. The number of fused-ring (bicyclic) bond motifs is 1. The van der Waals surface area contributed by atoms with E-state index in [1.807, 2.05) is 30.3 Å². The lowest BCUT2D eigenvalue weighted by Gasteiger charge is -2.24. The quantitative estimate of drug-likeness (QED) is 0.693. The van der Waals surface area contributed by atoms with Gasteiger partial charge in [0.25, 0.3) is 0 Å². The number of amides is 1. The summed E-state index contributed by atoms with van der Waals surface area (Å²) in [5, 5.41) is 10.1. The number of aromatic carboxylic acids is 1. The molecule has 0 radical (unpaired) electrons. The van der Waals surface area contributed by atoms with E-state index in [1.165, 1.54) is 0 Å². The van der Waals surface area contributed by atoms with Gasteiger partial charge in [0.2, 0.25) is 0 Å². The molecule has 0 aliphatic carbocycles. The molecule has 1 unspecified atom stereocenters. The van der Waals surface area contributed by atoms with Crippen LogP contribution in [0.5, 0.6) is 0 Å². The molecule has 7 heteroatoms. The maximum absolute atomic E-state index is 14.6.